The highest BCUT2D eigenvalue weighted by atomic mass is 32.1. The van der Waals surface area contributed by atoms with Crippen LogP contribution in [0, 0.1) is 0 Å². The Morgan fingerprint density at radius 3 is 3.00 bits per heavy atom. The van der Waals surface area contributed by atoms with Crippen molar-refractivity contribution >= 4 is 11.3 Å². The average Bonchev–Trinajstić information content (AvgIpc) is 2.79. The molecule has 0 bridgehead atoms. The molecule has 17 heavy (non-hydrogen) atoms. The number of aromatic amines is 1. The first-order chi connectivity index (χ1) is 8.29. The third kappa shape index (κ3) is 3.21. The number of nitrogens with zero attached hydrogens (tertiary/aromatic N) is 2. The van der Waals surface area contributed by atoms with Crippen LogP contribution in [0.1, 0.15) is 18.4 Å². The zero-order chi connectivity index (χ0) is 12.1. The van der Waals surface area contributed by atoms with E-state index in [1.807, 2.05) is 0 Å². The summed E-state index contributed by atoms with van der Waals surface area (Å²) < 4.78 is 0. The summed E-state index contributed by atoms with van der Waals surface area (Å²) in [5.74, 6) is 0. The van der Waals surface area contributed by atoms with Gasteiger partial charge in [0.05, 0.1) is 0 Å². The molecule has 0 saturated carbocycles. The molecule has 0 aromatic carbocycles. The number of hydrogen-bond donors (Lipinski definition) is 2. The van der Waals surface area contributed by atoms with E-state index in [9.17, 15) is 4.79 Å². The maximum atomic E-state index is 10.9. The molecule has 2 aromatic heterocycles. The van der Waals surface area contributed by atoms with E-state index in [4.69, 9.17) is 0 Å². The lowest BCUT2D eigenvalue weighted by Crippen LogP contribution is -2.13. The first-order valence-corrected chi connectivity index (χ1v) is 6.33. The summed E-state index contributed by atoms with van der Waals surface area (Å²) >= 11 is 1.54. The van der Waals surface area contributed by atoms with Gasteiger partial charge in [-0.2, -0.15) is 0 Å². The van der Waals surface area contributed by atoms with Crippen LogP contribution in [0.25, 0.3) is 10.6 Å². The second-order valence-corrected chi connectivity index (χ2v) is 4.68. The molecule has 0 radical (unpaired) electrons. The van der Waals surface area contributed by atoms with E-state index in [0.717, 1.165) is 35.1 Å². The van der Waals surface area contributed by atoms with Crippen LogP contribution in [0.2, 0.25) is 0 Å². The molecule has 90 valence electrons. The summed E-state index contributed by atoms with van der Waals surface area (Å²) in [7, 11) is 0. The standard InChI is InChI=1S/C11H14N4OS/c1-2-5-12-7-10-14-15-11(17-10)8-3-4-9(16)13-6-8/h3-4,6,12H,2,5,7H2,1H3,(H,13,16). The van der Waals surface area contributed by atoms with Gasteiger partial charge in [-0.1, -0.05) is 18.3 Å². The molecule has 0 atom stereocenters. The number of H-pyrrole nitrogens is 1. The van der Waals surface area contributed by atoms with Gasteiger partial charge >= 0.3 is 0 Å². The summed E-state index contributed by atoms with van der Waals surface area (Å²) in [5.41, 5.74) is 0.784. The Hall–Kier alpha value is -1.53. The van der Waals surface area contributed by atoms with Gasteiger partial charge in [0.1, 0.15) is 10.0 Å². The maximum absolute atomic E-state index is 10.9. The molecule has 0 amide bonds. The average molecular weight is 250 g/mol. The Bertz CT molecular complexity index is 514. The lowest BCUT2D eigenvalue weighted by Gasteiger charge is -1.96. The highest BCUT2D eigenvalue weighted by Crippen LogP contribution is 2.21. The molecule has 0 aliphatic carbocycles. The Balaban J connectivity index is 2.07. The lowest BCUT2D eigenvalue weighted by atomic mass is 10.3. The van der Waals surface area contributed by atoms with Crippen molar-refractivity contribution in [3.63, 3.8) is 0 Å². The second kappa shape index (κ2) is 5.70. The van der Waals surface area contributed by atoms with Crippen LogP contribution in [-0.2, 0) is 6.54 Å². The minimum Gasteiger partial charge on any atom is -0.328 e. The predicted molar refractivity (Wildman–Crippen MR) is 68.0 cm³/mol. The molecular formula is C11H14N4OS. The topological polar surface area (TPSA) is 70.7 Å². The minimum atomic E-state index is -0.108. The summed E-state index contributed by atoms with van der Waals surface area (Å²) in [4.78, 5) is 13.6. The molecule has 0 unspecified atom stereocenters. The molecule has 2 heterocycles. The van der Waals surface area contributed by atoms with Gasteiger partial charge in [-0.25, -0.2) is 0 Å². The number of hydrogen-bond acceptors (Lipinski definition) is 5. The molecule has 2 rings (SSSR count). The van der Waals surface area contributed by atoms with Crippen molar-refractivity contribution in [2.24, 2.45) is 0 Å². The second-order valence-electron chi connectivity index (χ2n) is 3.62. The van der Waals surface area contributed by atoms with Crippen LogP contribution in [0.3, 0.4) is 0 Å². The minimum absolute atomic E-state index is 0.108. The van der Waals surface area contributed by atoms with Gasteiger partial charge in [-0.3, -0.25) is 4.79 Å². The highest BCUT2D eigenvalue weighted by molar-refractivity contribution is 7.14. The Kier molecular flexibility index (Phi) is 4.00. The van der Waals surface area contributed by atoms with Crippen molar-refractivity contribution in [1.29, 1.82) is 0 Å². The zero-order valence-electron chi connectivity index (χ0n) is 9.56. The van der Waals surface area contributed by atoms with Gasteiger partial charge < -0.3 is 10.3 Å². The van der Waals surface area contributed by atoms with Crippen molar-refractivity contribution < 1.29 is 0 Å². The van der Waals surface area contributed by atoms with Gasteiger partial charge in [-0.15, -0.1) is 10.2 Å². The number of pyridine rings is 1. The molecule has 0 aliphatic heterocycles. The van der Waals surface area contributed by atoms with Crippen LogP contribution in [0.4, 0.5) is 0 Å². The Morgan fingerprint density at radius 2 is 2.29 bits per heavy atom. The number of nitrogens with one attached hydrogen (secondary N) is 2. The number of rotatable bonds is 5. The molecule has 0 spiro atoms. The quantitative estimate of drug-likeness (QED) is 0.787. The van der Waals surface area contributed by atoms with Gasteiger partial charge in [0.2, 0.25) is 5.56 Å². The van der Waals surface area contributed by atoms with Crippen molar-refractivity contribution in [1.82, 2.24) is 20.5 Å². The summed E-state index contributed by atoms with van der Waals surface area (Å²) in [6.07, 6.45) is 2.76. The van der Waals surface area contributed by atoms with Crippen LogP contribution < -0.4 is 10.9 Å². The largest absolute Gasteiger partial charge is 0.328 e. The molecular weight excluding hydrogens is 236 g/mol. The van der Waals surface area contributed by atoms with E-state index in [-0.39, 0.29) is 5.56 Å². The maximum Gasteiger partial charge on any atom is 0.247 e. The van der Waals surface area contributed by atoms with Crippen molar-refractivity contribution in [2.75, 3.05) is 6.54 Å². The van der Waals surface area contributed by atoms with E-state index >= 15 is 0 Å². The SMILES string of the molecule is CCCNCc1nnc(-c2ccc(=O)[nH]c2)s1. The van der Waals surface area contributed by atoms with Crippen LogP contribution in [0.5, 0.6) is 0 Å². The fraction of sp³-hybridized carbons (Fsp3) is 0.364. The fourth-order valence-electron chi connectivity index (χ4n) is 1.36. The molecule has 5 nitrogen and oxygen atoms in total. The van der Waals surface area contributed by atoms with E-state index in [1.165, 1.54) is 17.4 Å². The van der Waals surface area contributed by atoms with E-state index in [2.05, 4.69) is 27.4 Å². The molecule has 2 aromatic rings. The fourth-order valence-corrected chi connectivity index (χ4v) is 2.16. The smallest absolute Gasteiger partial charge is 0.247 e. The van der Waals surface area contributed by atoms with E-state index < -0.39 is 0 Å². The first-order valence-electron chi connectivity index (χ1n) is 5.52. The molecule has 6 heteroatoms. The third-order valence-corrected chi connectivity index (χ3v) is 3.17. The van der Waals surface area contributed by atoms with Gasteiger partial charge in [0.15, 0.2) is 0 Å². The van der Waals surface area contributed by atoms with E-state index in [1.54, 1.807) is 12.3 Å². The molecule has 0 aliphatic rings. The van der Waals surface area contributed by atoms with Crippen molar-refractivity contribution in [2.45, 2.75) is 19.9 Å². The summed E-state index contributed by atoms with van der Waals surface area (Å²) in [6, 6.07) is 3.24. The number of aromatic nitrogens is 3. The van der Waals surface area contributed by atoms with Crippen LogP contribution in [-0.4, -0.2) is 21.7 Å². The van der Waals surface area contributed by atoms with Crippen molar-refractivity contribution in [3.05, 3.63) is 33.7 Å². The van der Waals surface area contributed by atoms with Gasteiger partial charge in [-0.05, 0) is 19.0 Å². The van der Waals surface area contributed by atoms with Gasteiger partial charge in [0, 0.05) is 24.4 Å². The highest BCUT2D eigenvalue weighted by Gasteiger charge is 2.05. The van der Waals surface area contributed by atoms with Crippen LogP contribution in [0.15, 0.2) is 23.1 Å². The van der Waals surface area contributed by atoms with Crippen LogP contribution >= 0.6 is 11.3 Å². The summed E-state index contributed by atoms with van der Waals surface area (Å²) in [6.45, 7) is 3.85. The molecule has 2 N–H and O–H groups in total. The van der Waals surface area contributed by atoms with Gasteiger partial charge in [0.25, 0.3) is 0 Å². The molecule has 0 fully saturated rings. The zero-order valence-corrected chi connectivity index (χ0v) is 10.4. The predicted octanol–water partition coefficient (Wildman–Crippen LogP) is 1.39. The third-order valence-electron chi connectivity index (χ3n) is 2.20. The first kappa shape index (κ1) is 11.9. The van der Waals surface area contributed by atoms with E-state index in [0.29, 0.717) is 0 Å². The Morgan fingerprint density at radius 1 is 1.41 bits per heavy atom. The van der Waals surface area contributed by atoms with Crippen molar-refractivity contribution in [3.8, 4) is 10.6 Å². The monoisotopic (exact) mass is 250 g/mol. The Labute approximate surface area is 103 Å². The molecule has 0 saturated heterocycles. The lowest BCUT2D eigenvalue weighted by molar-refractivity contribution is 0.668. The normalized spacial score (nSPS) is 10.6. The summed E-state index contributed by atoms with van der Waals surface area (Å²) in [5, 5.41) is 13.3.